The summed E-state index contributed by atoms with van der Waals surface area (Å²) in [6.45, 7) is 0.831. The summed E-state index contributed by atoms with van der Waals surface area (Å²) in [5, 5.41) is 6.71. The van der Waals surface area contributed by atoms with E-state index >= 15 is 0 Å². The van der Waals surface area contributed by atoms with Gasteiger partial charge >= 0.3 is 0 Å². The minimum absolute atomic E-state index is 0.156. The van der Waals surface area contributed by atoms with Crippen LogP contribution in [0.25, 0.3) is 0 Å². The third kappa shape index (κ3) is 3.74. The first-order valence-corrected chi connectivity index (χ1v) is 6.23. The van der Waals surface area contributed by atoms with Gasteiger partial charge in [0.25, 0.3) is 5.91 Å². The van der Waals surface area contributed by atoms with Crippen molar-refractivity contribution in [3.63, 3.8) is 0 Å². The maximum atomic E-state index is 11.7. The Bertz CT molecular complexity index is 563. The standard InChI is InChI=1S/C14H17N3O3/c1-17-10-11(9-16-17)14(18)15-7-8-20-13-5-3-12(19-2)4-6-13/h3-6,9-10H,7-8H2,1-2H3,(H,15,18). The van der Waals surface area contributed by atoms with Crippen molar-refractivity contribution in [3.05, 3.63) is 42.2 Å². The fraction of sp³-hybridized carbons (Fsp3) is 0.286. The molecule has 1 amide bonds. The lowest BCUT2D eigenvalue weighted by atomic mass is 10.3. The molecule has 0 spiro atoms. The van der Waals surface area contributed by atoms with Crippen LogP contribution in [-0.2, 0) is 7.05 Å². The Hall–Kier alpha value is -2.50. The van der Waals surface area contributed by atoms with Crippen molar-refractivity contribution < 1.29 is 14.3 Å². The molecule has 1 heterocycles. The van der Waals surface area contributed by atoms with Crippen molar-refractivity contribution in [2.45, 2.75) is 0 Å². The van der Waals surface area contributed by atoms with E-state index in [1.807, 2.05) is 24.3 Å². The van der Waals surface area contributed by atoms with E-state index < -0.39 is 0 Å². The predicted octanol–water partition coefficient (Wildman–Crippen LogP) is 1.24. The summed E-state index contributed by atoms with van der Waals surface area (Å²) in [6.07, 6.45) is 3.19. The number of nitrogens with one attached hydrogen (secondary N) is 1. The van der Waals surface area contributed by atoms with Gasteiger partial charge in [0.05, 0.1) is 25.4 Å². The first kappa shape index (κ1) is 13.9. The van der Waals surface area contributed by atoms with E-state index in [1.54, 1.807) is 25.0 Å². The van der Waals surface area contributed by atoms with Gasteiger partial charge in [-0.05, 0) is 24.3 Å². The van der Waals surface area contributed by atoms with Gasteiger partial charge in [-0.25, -0.2) is 0 Å². The zero-order valence-electron chi connectivity index (χ0n) is 11.5. The average Bonchev–Trinajstić information content (AvgIpc) is 2.91. The lowest BCUT2D eigenvalue weighted by molar-refractivity contribution is 0.0947. The highest BCUT2D eigenvalue weighted by Crippen LogP contribution is 2.16. The van der Waals surface area contributed by atoms with E-state index in [0.29, 0.717) is 18.7 Å². The van der Waals surface area contributed by atoms with Crippen LogP contribution in [0.4, 0.5) is 0 Å². The molecule has 2 rings (SSSR count). The number of aryl methyl sites for hydroxylation is 1. The van der Waals surface area contributed by atoms with E-state index in [1.165, 1.54) is 6.20 Å². The molecule has 0 aliphatic heterocycles. The average molecular weight is 275 g/mol. The Morgan fingerprint density at radius 2 is 2.00 bits per heavy atom. The van der Waals surface area contributed by atoms with Gasteiger partial charge in [0.2, 0.25) is 0 Å². The van der Waals surface area contributed by atoms with Crippen LogP contribution >= 0.6 is 0 Å². The largest absolute Gasteiger partial charge is 0.497 e. The van der Waals surface area contributed by atoms with Gasteiger partial charge in [-0.15, -0.1) is 0 Å². The van der Waals surface area contributed by atoms with E-state index in [9.17, 15) is 4.79 Å². The number of methoxy groups -OCH3 is 1. The van der Waals surface area contributed by atoms with Crippen molar-refractivity contribution in [1.82, 2.24) is 15.1 Å². The lowest BCUT2D eigenvalue weighted by Gasteiger charge is -2.07. The second-order valence-corrected chi connectivity index (χ2v) is 4.18. The molecule has 0 bridgehead atoms. The molecule has 20 heavy (non-hydrogen) atoms. The van der Waals surface area contributed by atoms with Gasteiger partial charge in [0, 0.05) is 13.2 Å². The van der Waals surface area contributed by atoms with Crippen LogP contribution in [0.5, 0.6) is 11.5 Å². The summed E-state index contributed by atoms with van der Waals surface area (Å²) in [4.78, 5) is 11.7. The second-order valence-electron chi connectivity index (χ2n) is 4.18. The normalized spacial score (nSPS) is 10.1. The van der Waals surface area contributed by atoms with Gasteiger partial charge in [0.15, 0.2) is 0 Å². The molecule has 0 saturated carbocycles. The number of hydrogen-bond acceptors (Lipinski definition) is 4. The maximum Gasteiger partial charge on any atom is 0.254 e. The highest BCUT2D eigenvalue weighted by Gasteiger charge is 2.06. The van der Waals surface area contributed by atoms with Crippen molar-refractivity contribution in [3.8, 4) is 11.5 Å². The molecular formula is C14H17N3O3. The van der Waals surface area contributed by atoms with E-state index in [2.05, 4.69) is 10.4 Å². The number of nitrogens with zero attached hydrogens (tertiary/aromatic N) is 2. The smallest absolute Gasteiger partial charge is 0.254 e. The lowest BCUT2D eigenvalue weighted by Crippen LogP contribution is -2.27. The zero-order valence-corrected chi connectivity index (χ0v) is 11.5. The zero-order chi connectivity index (χ0) is 14.4. The van der Waals surface area contributed by atoms with Crippen LogP contribution in [0, 0.1) is 0 Å². The molecule has 0 fully saturated rings. The molecule has 0 unspecified atom stereocenters. The molecule has 6 nitrogen and oxygen atoms in total. The number of benzene rings is 1. The molecule has 1 aromatic carbocycles. The van der Waals surface area contributed by atoms with Crippen molar-refractivity contribution in [1.29, 1.82) is 0 Å². The molecule has 1 N–H and O–H groups in total. The summed E-state index contributed by atoms with van der Waals surface area (Å²) >= 11 is 0. The molecular weight excluding hydrogens is 258 g/mol. The minimum Gasteiger partial charge on any atom is -0.497 e. The van der Waals surface area contributed by atoms with Crippen molar-refractivity contribution >= 4 is 5.91 Å². The highest BCUT2D eigenvalue weighted by molar-refractivity contribution is 5.93. The Morgan fingerprint density at radius 1 is 1.30 bits per heavy atom. The van der Waals surface area contributed by atoms with E-state index in [4.69, 9.17) is 9.47 Å². The number of rotatable bonds is 6. The summed E-state index contributed by atoms with van der Waals surface area (Å²) in [5.41, 5.74) is 0.539. The molecule has 106 valence electrons. The number of carbonyl (C=O) groups is 1. The van der Waals surface area contributed by atoms with E-state index in [-0.39, 0.29) is 5.91 Å². The first-order valence-electron chi connectivity index (χ1n) is 6.23. The summed E-state index contributed by atoms with van der Waals surface area (Å²) in [5.74, 6) is 1.36. The van der Waals surface area contributed by atoms with Crippen molar-refractivity contribution in [2.75, 3.05) is 20.3 Å². The minimum atomic E-state index is -0.156. The van der Waals surface area contributed by atoms with Gasteiger partial charge in [-0.1, -0.05) is 0 Å². The Kier molecular flexibility index (Phi) is 4.60. The van der Waals surface area contributed by atoms with Crippen LogP contribution in [0.15, 0.2) is 36.7 Å². The SMILES string of the molecule is COc1ccc(OCCNC(=O)c2cnn(C)c2)cc1. The Balaban J connectivity index is 1.72. The van der Waals surface area contributed by atoms with Gasteiger partial charge in [-0.2, -0.15) is 5.10 Å². The van der Waals surface area contributed by atoms with Gasteiger partial charge in [0.1, 0.15) is 18.1 Å². The molecule has 0 aliphatic carbocycles. The summed E-state index contributed by atoms with van der Waals surface area (Å²) in [7, 11) is 3.38. The summed E-state index contributed by atoms with van der Waals surface area (Å²) in [6, 6.07) is 7.29. The number of ether oxygens (including phenoxy) is 2. The number of aromatic nitrogens is 2. The van der Waals surface area contributed by atoms with Gasteiger partial charge in [-0.3, -0.25) is 9.48 Å². The second kappa shape index (κ2) is 6.60. The Morgan fingerprint density at radius 3 is 2.60 bits per heavy atom. The third-order valence-electron chi connectivity index (χ3n) is 2.68. The van der Waals surface area contributed by atoms with Crippen LogP contribution in [-0.4, -0.2) is 35.9 Å². The molecule has 2 aromatic rings. The van der Waals surface area contributed by atoms with Gasteiger partial charge < -0.3 is 14.8 Å². The molecule has 0 aliphatic rings. The molecule has 1 aromatic heterocycles. The van der Waals surface area contributed by atoms with Crippen molar-refractivity contribution in [2.24, 2.45) is 7.05 Å². The monoisotopic (exact) mass is 275 g/mol. The van der Waals surface area contributed by atoms with Crippen LogP contribution < -0.4 is 14.8 Å². The quantitative estimate of drug-likeness (QED) is 0.805. The molecule has 0 radical (unpaired) electrons. The maximum absolute atomic E-state index is 11.7. The molecule has 6 heteroatoms. The molecule has 0 saturated heterocycles. The number of hydrogen-bond donors (Lipinski definition) is 1. The van der Waals surface area contributed by atoms with E-state index in [0.717, 1.165) is 11.5 Å². The van der Waals surface area contributed by atoms with Crippen LogP contribution in [0.2, 0.25) is 0 Å². The topological polar surface area (TPSA) is 65.4 Å². The number of carbonyl (C=O) groups excluding carboxylic acids is 1. The first-order chi connectivity index (χ1) is 9.69. The summed E-state index contributed by atoms with van der Waals surface area (Å²) < 4.78 is 12.1. The fourth-order valence-corrected chi connectivity index (χ4v) is 1.65. The molecule has 0 atom stereocenters. The fourth-order valence-electron chi connectivity index (χ4n) is 1.65. The van der Waals surface area contributed by atoms with Crippen LogP contribution in [0.3, 0.4) is 0 Å². The number of amides is 1. The highest BCUT2D eigenvalue weighted by atomic mass is 16.5. The predicted molar refractivity (Wildman–Crippen MR) is 74.0 cm³/mol. The van der Waals surface area contributed by atoms with Crippen LogP contribution in [0.1, 0.15) is 10.4 Å². The Labute approximate surface area is 117 Å². The third-order valence-corrected chi connectivity index (χ3v) is 2.68.